The number of hydrogen-bond acceptors (Lipinski definition) is 2. The summed E-state index contributed by atoms with van der Waals surface area (Å²) in [5, 5.41) is 3.33. The molecule has 1 aromatic rings. The second-order valence-corrected chi connectivity index (χ2v) is 4.63. The third-order valence-electron chi connectivity index (χ3n) is 2.74. The number of benzene rings is 1. The van der Waals surface area contributed by atoms with Crippen molar-refractivity contribution in [2.75, 3.05) is 13.7 Å². The standard InChI is InChI=1S/C14H22FNO/c1-5-16-14(8-10(2)3)12-7-6-11(17-4)9-13(12)15/h6-7,9-10,14,16H,5,8H2,1-4H3. The lowest BCUT2D eigenvalue weighted by Gasteiger charge is -2.21. The number of nitrogens with one attached hydrogen (secondary N) is 1. The summed E-state index contributed by atoms with van der Waals surface area (Å²) in [4.78, 5) is 0. The van der Waals surface area contributed by atoms with Gasteiger partial charge in [0.15, 0.2) is 0 Å². The maximum absolute atomic E-state index is 13.9. The zero-order valence-corrected chi connectivity index (χ0v) is 11.1. The maximum Gasteiger partial charge on any atom is 0.131 e. The second-order valence-electron chi connectivity index (χ2n) is 4.63. The molecule has 0 radical (unpaired) electrons. The first kappa shape index (κ1) is 14.0. The van der Waals surface area contributed by atoms with E-state index in [1.807, 2.05) is 19.1 Å². The summed E-state index contributed by atoms with van der Waals surface area (Å²) >= 11 is 0. The van der Waals surface area contributed by atoms with E-state index >= 15 is 0 Å². The molecular formula is C14H22FNO. The van der Waals surface area contributed by atoms with Crippen LogP contribution in [-0.4, -0.2) is 13.7 Å². The Hall–Kier alpha value is -1.09. The summed E-state index contributed by atoms with van der Waals surface area (Å²) in [6.07, 6.45) is 0.928. The smallest absolute Gasteiger partial charge is 0.131 e. The quantitative estimate of drug-likeness (QED) is 0.820. The van der Waals surface area contributed by atoms with Crippen LogP contribution in [0.5, 0.6) is 5.75 Å². The van der Waals surface area contributed by atoms with Crippen molar-refractivity contribution in [2.24, 2.45) is 5.92 Å². The summed E-state index contributed by atoms with van der Waals surface area (Å²) in [5.41, 5.74) is 0.723. The fraction of sp³-hybridized carbons (Fsp3) is 0.571. The lowest BCUT2D eigenvalue weighted by molar-refractivity contribution is 0.403. The van der Waals surface area contributed by atoms with Crippen molar-refractivity contribution in [2.45, 2.75) is 33.2 Å². The molecule has 3 heteroatoms. The molecule has 0 fully saturated rings. The fourth-order valence-corrected chi connectivity index (χ4v) is 1.96. The van der Waals surface area contributed by atoms with Crippen LogP contribution >= 0.6 is 0 Å². The Morgan fingerprint density at radius 3 is 2.53 bits per heavy atom. The summed E-state index contributed by atoms with van der Waals surface area (Å²) in [6.45, 7) is 7.16. The minimum absolute atomic E-state index is 0.0749. The molecule has 0 saturated heterocycles. The molecule has 96 valence electrons. The van der Waals surface area contributed by atoms with Crippen LogP contribution in [0.1, 0.15) is 38.8 Å². The van der Waals surface area contributed by atoms with Gasteiger partial charge >= 0.3 is 0 Å². The molecule has 0 amide bonds. The molecule has 0 aliphatic heterocycles. The van der Waals surface area contributed by atoms with Crippen molar-refractivity contribution >= 4 is 0 Å². The van der Waals surface area contributed by atoms with E-state index in [9.17, 15) is 4.39 Å². The van der Waals surface area contributed by atoms with Crippen LogP contribution < -0.4 is 10.1 Å². The molecule has 17 heavy (non-hydrogen) atoms. The van der Waals surface area contributed by atoms with E-state index in [2.05, 4.69) is 19.2 Å². The minimum atomic E-state index is -0.198. The van der Waals surface area contributed by atoms with Gasteiger partial charge in [0.25, 0.3) is 0 Å². The van der Waals surface area contributed by atoms with Gasteiger partial charge < -0.3 is 10.1 Å². The first-order valence-electron chi connectivity index (χ1n) is 6.15. The first-order chi connectivity index (χ1) is 8.08. The van der Waals surface area contributed by atoms with Gasteiger partial charge in [-0.25, -0.2) is 4.39 Å². The predicted octanol–water partition coefficient (Wildman–Crippen LogP) is 3.53. The second kappa shape index (κ2) is 6.60. The topological polar surface area (TPSA) is 21.3 Å². The average Bonchev–Trinajstić information content (AvgIpc) is 2.27. The van der Waals surface area contributed by atoms with Crippen molar-refractivity contribution in [3.8, 4) is 5.75 Å². The van der Waals surface area contributed by atoms with Crippen molar-refractivity contribution < 1.29 is 9.13 Å². The lowest BCUT2D eigenvalue weighted by Crippen LogP contribution is -2.23. The zero-order chi connectivity index (χ0) is 12.8. The Balaban J connectivity index is 2.93. The Morgan fingerprint density at radius 2 is 2.06 bits per heavy atom. The summed E-state index contributed by atoms with van der Waals surface area (Å²) < 4.78 is 19.0. The van der Waals surface area contributed by atoms with E-state index in [4.69, 9.17) is 4.74 Å². The summed E-state index contributed by atoms with van der Waals surface area (Å²) in [6, 6.07) is 5.14. The molecule has 0 saturated carbocycles. The molecular weight excluding hydrogens is 217 g/mol. The Kier molecular flexibility index (Phi) is 5.42. The van der Waals surface area contributed by atoms with Crippen LogP contribution in [-0.2, 0) is 0 Å². The average molecular weight is 239 g/mol. The molecule has 2 nitrogen and oxygen atoms in total. The Bertz CT molecular complexity index is 352. The normalized spacial score (nSPS) is 12.8. The fourth-order valence-electron chi connectivity index (χ4n) is 1.96. The van der Waals surface area contributed by atoms with Crippen molar-refractivity contribution in [3.63, 3.8) is 0 Å². The van der Waals surface area contributed by atoms with Gasteiger partial charge in [-0.3, -0.25) is 0 Å². The van der Waals surface area contributed by atoms with E-state index in [-0.39, 0.29) is 11.9 Å². The number of ether oxygens (including phenoxy) is 1. The highest BCUT2D eigenvalue weighted by Crippen LogP contribution is 2.26. The summed E-state index contributed by atoms with van der Waals surface area (Å²) in [7, 11) is 1.55. The number of halogens is 1. The number of hydrogen-bond donors (Lipinski definition) is 1. The van der Waals surface area contributed by atoms with E-state index < -0.39 is 0 Å². The molecule has 1 unspecified atom stereocenters. The van der Waals surface area contributed by atoms with E-state index in [0.29, 0.717) is 11.7 Å². The molecule has 1 N–H and O–H groups in total. The van der Waals surface area contributed by atoms with Crippen LogP contribution in [0.2, 0.25) is 0 Å². The summed E-state index contributed by atoms with van der Waals surface area (Å²) in [5.74, 6) is 0.891. The van der Waals surface area contributed by atoms with Gasteiger partial charge in [0, 0.05) is 17.7 Å². The zero-order valence-electron chi connectivity index (χ0n) is 11.1. The van der Waals surface area contributed by atoms with Gasteiger partial charge in [-0.05, 0) is 24.9 Å². The van der Waals surface area contributed by atoms with Crippen LogP contribution in [0, 0.1) is 11.7 Å². The predicted molar refractivity (Wildman–Crippen MR) is 68.8 cm³/mol. The van der Waals surface area contributed by atoms with Crippen LogP contribution in [0.4, 0.5) is 4.39 Å². The molecule has 0 aliphatic rings. The molecule has 0 spiro atoms. The van der Waals surface area contributed by atoms with Crippen LogP contribution in [0.3, 0.4) is 0 Å². The SMILES string of the molecule is CCNC(CC(C)C)c1ccc(OC)cc1F. The van der Waals surface area contributed by atoms with E-state index in [1.54, 1.807) is 7.11 Å². The highest BCUT2D eigenvalue weighted by atomic mass is 19.1. The number of rotatable bonds is 6. The molecule has 1 aromatic carbocycles. The Morgan fingerprint density at radius 1 is 1.35 bits per heavy atom. The third kappa shape index (κ3) is 4.00. The van der Waals surface area contributed by atoms with Gasteiger partial charge in [0.1, 0.15) is 11.6 Å². The maximum atomic E-state index is 13.9. The number of methoxy groups -OCH3 is 1. The van der Waals surface area contributed by atoms with Gasteiger partial charge in [-0.1, -0.05) is 26.8 Å². The third-order valence-corrected chi connectivity index (χ3v) is 2.74. The van der Waals surface area contributed by atoms with Gasteiger partial charge in [0.05, 0.1) is 7.11 Å². The van der Waals surface area contributed by atoms with Crippen molar-refractivity contribution in [1.82, 2.24) is 5.32 Å². The molecule has 0 aliphatic carbocycles. The highest BCUT2D eigenvalue weighted by molar-refractivity contribution is 5.30. The monoisotopic (exact) mass is 239 g/mol. The largest absolute Gasteiger partial charge is 0.497 e. The van der Waals surface area contributed by atoms with E-state index in [0.717, 1.165) is 18.5 Å². The molecule has 0 heterocycles. The molecule has 0 bridgehead atoms. The van der Waals surface area contributed by atoms with E-state index in [1.165, 1.54) is 6.07 Å². The van der Waals surface area contributed by atoms with Gasteiger partial charge in [-0.15, -0.1) is 0 Å². The van der Waals surface area contributed by atoms with Gasteiger partial charge in [-0.2, -0.15) is 0 Å². The lowest BCUT2D eigenvalue weighted by atomic mass is 9.96. The Labute approximate surface area is 103 Å². The van der Waals surface area contributed by atoms with Crippen molar-refractivity contribution in [1.29, 1.82) is 0 Å². The minimum Gasteiger partial charge on any atom is -0.497 e. The van der Waals surface area contributed by atoms with Crippen LogP contribution in [0.15, 0.2) is 18.2 Å². The molecule has 1 atom stereocenters. The van der Waals surface area contributed by atoms with Gasteiger partial charge in [0.2, 0.25) is 0 Å². The van der Waals surface area contributed by atoms with Crippen LogP contribution in [0.25, 0.3) is 0 Å². The highest BCUT2D eigenvalue weighted by Gasteiger charge is 2.16. The molecule has 0 aromatic heterocycles. The molecule has 1 rings (SSSR count). The van der Waals surface area contributed by atoms with Crippen molar-refractivity contribution in [3.05, 3.63) is 29.6 Å². The first-order valence-corrected chi connectivity index (χ1v) is 6.15.